The number of pyridine rings is 1. The van der Waals surface area contributed by atoms with Crippen molar-refractivity contribution in [2.24, 2.45) is 0 Å². The normalized spacial score (nSPS) is 21.9. The smallest absolute Gasteiger partial charge is 0.310 e. The summed E-state index contributed by atoms with van der Waals surface area (Å²) in [6, 6.07) is 3.37. The second kappa shape index (κ2) is 8.37. The van der Waals surface area contributed by atoms with Crippen molar-refractivity contribution in [1.29, 1.82) is 0 Å². The lowest BCUT2D eigenvalue weighted by molar-refractivity contribution is -0.153. The number of nitrogens with zero attached hydrogens (tertiary/aromatic N) is 2. The Morgan fingerprint density at radius 3 is 2.52 bits per heavy atom. The summed E-state index contributed by atoms with van der Waals surface area (Å²) in [5.74, 6) is -0.647. The highest BCUT2D eigenvalue weighted by molar-refractivity contribution is 7.91. The van der Waals surface area contributed by atoms with Crippen molar-refractivity contribution >= 4 is 21.7 Å². The molecule has 3 rings (SSSR count). The van der Waals surface area contributed by atoms with Crippen LogP contribution >= 0.6 is 0 Å². The van der Waals surface area contributed by atoms with Gasteiger partial charge in [0.2, 0.25) is 0 Å². The van der Waals surface area contributed by atoms with Crippen molar-refractivity contribution in [3.05, 3.63) is 29.6 Å². The highest BCUT2D eigenvalue weighted by atomic mass is 32.2. The predicted molar refractivity (Wildman–Crippen MR) is 99.8 cm³/mol. The zero-order valence-corrected chi connectivity index (χ0v) is 16.4. The van der Waals surface area contributed by atoms with E-state index in [9.17, 15) is 18.0 Å². The minimum atomic E-state index is -3.09. The van der Waals surface area contributed by atoms with Crippen LogP contribution in [0.3, 0.4) is 0 Å². The lowest BCUT2D eigenvalue weighted by Crippen LogP contribution is -2.48. The van der Waals surface area contributed by atoms with E-state index in [1.807, 2.05) is 13.0 Å². The Balaban J connectivity index is 1.58. The van der Waals surface area contributed by atoms with Crippen LogP contribution in [0.5, 0.6) is 0 Å². The van der Waals surface area contributed by atoms with Crippen molar-refractivity contribution < 1.29 is 22.7 Å². The third-order valence-corrected chi connectivity index (χ3v) is 7.04. The van der Waals surface area contributed by atoms with Gasteiger partial charge in [-0.2, -0.15) is 0 Å². The first kappa shape index (κ1) is 19.8. The number of hydrogen-bond acceptors (Lipinski definition) is 6. The van der Waals surface area contributed by atoms with E-state index in [4.69, 9.17) is 4.74 Å². The maximum absolute atomic E-state index is 12.8. The van der Waals surface area contributed by atoms with Crippen LogP contribution < -0.4 is 0 Å². The zero-order valence-electron chi connectivity index (χ0n) is 15.6. The minimum Gasteiger partial charge on any atom is -0.455 e. The molecule has 1 saturated heterocycles. The molecule has 2 fully saturated rings. The Bertz CT molecular complexity index is 785. The van der Waals surface area contributed by atoms with Crippen LogP contribution in [0, 0.1) is 6.92 Å². The Morgan fingerprint density at radius 2 is 1.93 bits per heavy atom. The van der Waals surface area contributed by atoms with E-state index in [2.05, 4.69) is 4.98 Å². The Kier molecular flexibility index (Phi) is 6.14. The lowest BCUT2D eigenvalue weighted by Gasteiger charge is -2.33. The summed E-state index contributed by atoms with van der Waals surface area (Å²) in [4.78, 5) is 30.7. The average molecular weight is 394 g/mol. The van der Waals surface area contributed by atoms with E-state index in [1.54, 1.807) is 17.2 Å². The maximum atomic E-state index is 12.8. The van der Waals surface area contributed by atoms with Gasteiger partial charge < -0.3 is 9.64 Å². The van der Waals surface area contributed by atoms with Gasteiger partial charge in [0.25, 0.3) is 5.91 Å². The summed E-state index contributed by atoms with van der Waals surface area (Å²) in [6.45, 7) is 1.52. The Morgan fingerprint density at radius 1 is 1.19 bits per heavy atom. The first-order chi connectivity index (χ1) is 12.8. The summed E-state index contributed by atoms with van der Waals surface area (Å²) in [5.41, 5.74) is 1.59. The molecule has 1 saturated carbocycles. The second-order valence-electron chi connectivity index (χ2n) is 7.44. The Labute approximate surface area is 160 Å². The fourth-order valence-corrected chi connectivity index (χ4v) is 5.63. The van der Waals surface area contributed by atoms with Crippen LogP contribution in [-0.4, -0.2) is 60.4 Å². The third kappa shape index (κ3) is 5.28. The number of aryl methyl sites for hydroxylation is 1. The van der Waals surface area contributed by atoms with Crippen LogP contribution in [0.15, 0.2) is 18.3 Å². The molecular formula is C19H26N2O5S. The van der Waals surface area contributed by atoms with Crippen LogP contribution in [0.2, 0.25) is 0 Å². The van der Waals surface area contributed by atoms with Crippen molar-refractivity contribution in [3.63, 3.8) is 0 Å². The number of ether oxygens (including phenoxy) is 1. The third-order valence-electron chi connectivity index (χ3n) is 5.29. The summed E-state index contributed by atoms with van der Waals surface area (Å²) in [6.07, 6.45) is 5.97. The fourth-order valence-electron chi connectivity index (χ4n) is 3.92. The number of amides is 1. The molecule has 2 heterocycles. The monoisotopic (exact) mass is 394 g/mol. The summed E-state index contributed by atoms with van der Waals surface area (Å²) in [7, 11) is -3.09. The topological polar surface area (TPSA) is 93.6 Å². The molecule has 1 aliphatic heterocycles. The molecule has 148 valence electrons. The van der Waals surface area contributed by atoms with E-state index in [1.165, 1.54) is 0 Å². The molecule has 1 unspecified atom stereocenters. The largest absolute Gasteiger partial charge is 0.455 e. The van der Waals surface area contributed by atoms with Crippen LogP contribution in [0.4, 0.5) is 0 Å². The van der Waals surface area contributed by atoms with Gasteiger partial charge in [-0.05, 0) is 37.8 Å². The van der Waals surface area contributed by atoms with Gasteiger partial charge in [-0.15, -0.1) is 0 Å². The van der Waals surface area contributed by atoms with Gasteiger partial charge >= 0.3 is 5.97 Å². The van der Waals surface area contributed by atoms with E-state index in [0.717, 1.165) is 36.9 Å². The molecule has 27 heavy (non-hydrogen) atoms. The lowest BCUT2D eigenvalue weighted by atomic mass is 10.1. The first-order valence-corrected chi connectivity index (χ1v) is 11.2. The molecule has 0 N–H and O–H groups in total. The number of carbonyl (C=O) groups is 2. The summed E-state index contributed by atoms with van der Waals surface area (Å²) >= 11 is 0. The molecule has 2 aliphatic rings. The molecule has 1 aliphatic carbocycles. The summed E-state index contributed by atoms with van der Waals surface area (Å²) in [5, 5.41) is 0. The molecule has 1 aromatic heterocycles. The van der Waals surface area contributed by atoms with Gasteiger partial charge in [-0.25, -0.2) is 8.42 Å². The standard InChI is InChI=1S/C19H26N2O5S/c1-14-6-7-15(11-20-14)10-19(23)26-12-18(22)21(16-4-2-3-5-16)17-8-9-27(24,25)13-17/h6-7,11,16-17H,2-5,8-10,12-13H2,1H3. The quantitative estimate of drug-likeness (QED) is 0.678. The number of hydrogen-bond donors (Lipinski definition) is 0. The first-order valence-electron chi connectivity index (χ1n) is 9.43. The van der Waals surface area contributed by atoms with Gasteiger partial charge in [-0.3, -0.25) is 14.6 Å². The van der Waals surface area contributed by atoms with Crippen molar-refractivity contribution in [3.8, 4) is 0 Å². The van der Waals surface area contributed by atoms with Gasteiger partial charge in [0.05, 0.1) is 17.9 Å². The van der Waals surface area contributed by atoms with Crippen molar-refractivity contribution in [2.75, 3.05) is 18.1 Å². The predicted octanol–water partition coefficient (Wildman–Crippen LogP) is 1.43. The van der Waals surface area contributed by atoms with Crippen molar-refractivity contribution in [2.45, 2.75) is 57.5 Å². The second-order valence-corrected chi connectivity index (χ2v) is 9.67. The van der Waals surface area contributed by atoms with Gasteiger partial charge in [0, 0.05) is 24.0 Å². The summed E-state index contributed by atoms with van der Waals surface area (Å²) < 4.78 is 28.9. The number of sulfone groups is 1. The van der Waals surface area contributed by atoms with Gasteiger partial charge in [0.1, 0.15) is 0 Å². The molecule has 1 aromatic rings. The number of esters is 1. The van der Waals surface area contributed by atoms with E-state index >= 15 is 0 Å². The molecule has 0 spiro atoms. The molecular weight excluding hydrogens is 368 g/mol. The van der Waals surface area contributed by atoms with E-state index in [0.29, 0.717) is 6.42 Å². The molecule has 8 heteroatoms. The average Bonchev–Trinajstić information content (AvgIpc) is 3.25. The Hall–Kier alpha value is -1.96. The van der Waals surface area contributed by atoms with Crippen LogP contribution in [0.1, 0.15) is 43.4 Å². The number of rotatable bonds is 6. The van der Waals surface area contributed by atoms with Crippen molar-refractivity contribution in [1.82, 2.24) is 9.88 Å². The highest BCUT2D eigenvalue weighted by Crippen LogP contribution is 2.29. The van der Waals surface area contributed by atoms with E-state index < -0.39 is 15.8 Å². The van der Waals surface area contributed by atoms with E-state index in [-0.39, 0.29) is 42.5 Å². The zero-order chi connectivity index (χ0) is 19.4. The molecule has 1 amide bonds. The maximum Gasteiger partial charge on any atom is 0.310 e. The SMILES string of the molecule is Cc1ccc(CC(=O)OCC(=O)N(C2CCCC2)C2CCS(=O)(=O)C2)cn1. The molecule has 7 nitrogen and oxygen atoms in total. The van der Waals surface area contributed by atoms with Gasteiger partial charge in [-0.1, -0.05) is 18.9 Å². The van der Waals surface area contributed by atoms with Gasteiger partial charge in [0.15, 0.2) is 16.4 Å². The van der Waals surface area contributed by atoms with Crippen LogP contribution in [0.25, 0.3) is 0 Å². The molecule has 1 atom stereocenters. The molecule has 0 radical (unpaired) electrons. The molecule has 0 bridgehead atoms. The van der Waals surface area contributed by atoms with Crippen LogP contribution in [-0.2, 0) is 30.6 Å². The number of aromatic nitrogens is 1. The number of carbonyl (C=O) groups excluding carboxylic acids is 2. The molecule has 0 aromatic carbocycles. The highest BCUT2D eigenvalue weighted by Gasteiger charge is 2.39. The minimum absolute atomic E-state index is 0.0121. The fraction of sp³-hybridized carbons (Fsp3) is 0.632.